The number of anilines is 1. The van der Waals surface area contributed by atoms with Gasteiger partial charge in [0.05, 0.1) is 25.9 Å². The van der Waals surface area contributed by atoms with Gasteiger partial charge in [-0.15, -0.1) is 0 Å². The highest BCUT2D eigenvalue weighted by Gasteiger charge is 2.15. The van der Waals surface area contributed by atoms with Crippen LogP contribution in [0.2, 0.25) is 0 Å². The van der Waals surface area contributed by atoms with Gasteiger partial charge in [-0.2, -0.15) is 0 Å². The second kappa shape index (κ2) is 8.60. The topological polar surface area (TPSA) is 67.9 Å². The molecule has 0 unspecified atom stereocenters. The van der Waals surface area contributed by atoms with E-state index in [1.54, 1.807) is 24.3 Å². The van der Waals surface area contributed by atoms with Crippen molar-refractivity contribution in [3.8, 4) is 0 Å². The van der Waals surface area contributed by atoms with E-state index in [1.165, 1.54) is 7.11 Å². The van der Waals surface area contributed by atoms with Crippen molar-refractivity contribution in [1.29, 1.82) is 0 Å². The average Bonchev–Trinajstić information content (AvgIpc) is 2.69. The molecular formula is C20H22N2O4. The molecule has 136 valence electrons. The second-order valence-corrected chi connectivity index (χ2v) is 6.07. The van der Waals surface area contributed by atoms with Gasteiger partial charge in [0.2, 0.25) is 0 Å². The van der Waals surface area contributed by atoms with Gasteiger partial charge in [-0.1, -0.05) is 18.2 Å². The molecule has 0 bridgehead atoms. The Hall–Kier alpha value is -2.70. The predicted octanol–water partition coefficient (Wildman–Crippen LogP) is 2.56. The molecule has 1 heterocycles. The van der Waals surface area contributed by atoms with Crippen LogP contribution in [0, 0.1) is 0 Å². The summed E-state index contributed by atoms with van der Waals surface area (Å²) in [6.45, 7) is 4.01. The highest BCUT2D eigenvalue weighted by Crippen LogP contribution is 2.19. The van der Waals surface area contributed by atoms with Crippen LogP contribution in [-0.2, 0) is 16.0 Å². The van der Waals surface area contributed by atoms with E-state index in [9.17, 15) is 9.59 Å². The van der Waals surface area contributed by atoms with E-state index in [0.717, 1.165) is 44.1 Å². The van der Waals surface area contributed by atoms with Gasteiger partial charge in [0.25, 0.3) is 5.91 Å². The number of methoxy groups -OCH3 is 1. The number of carbonyl (C=O) groups is 2. The van der Waals surface area contributed by atoms with Crippen molar-refractivity contribution in [3.63, 3.8) is 0 Å². The standard InChI is InChI=1S/C20H22N2O4/c1-25-20(24)16-8-6-15(7-9-16)19(23)21-18-5-3-2-4-17(18)14-22-10-12-26-13-11-22/h2-9H,10-14H2,1H3,(H,21,23). The molecule has 1 N–H and O–H groups in total. The Bertz CT molecular complexity index is 768. The lowest BCUT2D eigenvalue weighted by molar-refractivity contribution is 0.0342. The zero-order valence-electron chi connectivity index (χ0n) is 14.7. The number of esters is 1. The van der Waals surface area contributed by atoms with Crippen LogP contribution in [0.4, 0.5) is 5.69 Å². The lowest BCUT2D eigenvalue weighted by atomic mass is 10.1. The van der Waals surface area contributed by atoms with Crippen LogP contribution in [0.1, 0.15) is 26.3 Å². The Kier molecular flexibility index (Phi) is 5.99. The number of nitrogens with one attached hydrogen (secondary N) is 1. The number of benzene rings is 2. The molecule has 6 nitrogen and oxygen atoms in total. The molecule has 0 aromatic heterocycles. The average molecular weight is 354 g/mol. The van der Waals surface area contributed by atoms with Gasteiger partial charge < -0.3 is 14.8 Å². The van der Waals surface area contributed by atoms with Crippen LogP contribution in [0.25, 0.3) is 0 Å². The molecule has 6 heteroatoms. The number of ether oxygens (including phenoxy) is 2. The molecule has 1 fully saturated rings. The minimum absolute atomic E-state index is 0.212. The molecule has 0 aliphatic carbocycles. The molecule has 2 aromatic rings. The first-order valence-corrected chi connectivity index (χ1v) is 8.55. The van der Waals surface area contributed by atoms with Crippen molar-refractivity contribution in [1.82, 2.24) is 4.90 Å². The molecule has 1 aliphatic heterocycles. The third kappa shape index (κ3) is 4.47. The number of amides is 1. The first kappa shape index (κ1) is 18.1. The fraction of sp³-hybridized carbons (Fsp3) is 0.300. The molecular weight excluding hydrogens is 332 g/mol. The summed E-state index contributed by atoms with van der Waals surface area (Å²) in [5, 5.41) is 2.97. The fourth-order valence-electron chi connectivity index (χ4n) is 2.85. The Morgan fingerprint density at radius 1 is 1.04 bits per heavy atom. The number of carbonyl (C=O) groups excluding carboxylic acids is 2. The van der Waals surface area contributed by atoms with Crippen molar-refractivity contribution >= 4 is 17.6 Å². The zero-order valence-corrected chi connectivity index (χ0v) is 14.7. The number of hydrogen-bond donors (Lipinski definition) is 1. The minimum Gasteiger partial charge on any atom is -0.465 e. The summed E-state index contributed by atoms with van der Waals surface area (Å²) in [5.74, 6) is -0.636. The lowest BCUT2D eigenvalue weighted by Crippen LogP contribution is -2.35. The molecule has 1 aliphatic rings. The van der Waals surface area contributed by atoms with Gasteiger partial charge >= 0.3 is 5.97 Å². The molecule has 26 heavy (non-hydrogen) atoms. The monoisotopic (exact) mass is 354 g/mol. The van der Waals surface area contributed by atoms with E-state index < -0.39 is 5.97 Å². The summed E-state index contributed by atoms with van der Waals surface area (Å²) in [5.41, 5.74) is 2.76. The summed E-state index contributed by atoms with van der Waals surface area (Å²) >= 11 is 0. The third-order valence-electron chi connectivity index (χ3n) is 4.33. The Morgan fingerprint density at radius 2 is 1.69 bits per heavy atom. The summed E-state index contributed by atoms with van der Waals surface area (Å²) in [7, 11) is 1.33. The molecule has 0 saturated carbocycles. The minimum atomic E-state index is -0.423. The number of nitrogens with zero attached hydrogens (tertiary/aromatic N) is 1. The molecule has 0 atom stereocenters. The number of hydrogen-bond acceptors (Lipinski definition) is 5. The number of para-hydroxylation sites is 1. The first-order valence-electron chi connectivity index (χ1n) is 8.55. The lowest BCUT2D eigenvalue weighted by Gasteiger charge is -2.27. The van der Waals surface area contributed by atoms with Crippen LogP contribution in [0.15, 0.2) is 48.5 Å². The van der Waals surface area contributed by atoms with E-state index in [-0.39, 0.29) is 5.91 Å². The number of rotatable bonds is 5. The van der Waals surface area contributed by atoms with E-state index in [1.807, 2.05) is 24.3 Å². The Labute approximate surface area is 152 Å². The molecule has 0 spiro atoms. The normalized spacial score (nSPS) is 14.7. The van der Waals surface area contributed by atoms with Crippen LogP contribution in [0.5, 0.6) is 0 Å². The largest absolute Gasteiger partial charge is 0.465 e. The molecule has 2 aromatic carbocycles. The van der Waals surface area contributed by atoms with Crippen molar-refractivity contribution in [2.75, 3.05) is 38.7 Å². The van der Waals surface area contributed by atoms with Gasteiger partial charge in [-0.05, 0) is 35.9 Å². The maximum atomic E-state index is 12.5. The second-order valence-electron chi connectivity index (χ2n) is 6.07. The van der Waals surface area contributed by atoms with E-state index >= 15 is 0 Å². The summed E-state index contributed by atoms with van der Waals surface area (Å²) in [4.78, 5) is 26.3. The third-order valence-corrected chi connectivity index (χ3v) is 4.33. The molecule has 0 radical (unpaired) electrons. The number of morpholine rings is 1. The maximum absolute atomic E-state index is 12.5. The summed E-state index contributed by atoms with van der Waals surface area (Å²) in [6, 6.07) is 14.2. The molecule has 1 amide bonds. The van der Waals surface area contributed by atoms with Gasteiger partial charge in [-0.25, -0.2) is 4.79 Å². The first-order chi connectivity index (χ1) is 12.7. The van der Waals surface area contributed by atoms with Gasteiger partial charge in [0, 0.05) is 30.9 Å². The van der Waals surface area contributed by atoms with Gasteiger partial charge in [0.15, 0.2) is 0 Å². The predicted molar refractivity (Wildman–Crippen MR) is 98.3 cm³/mol. The highest BCUT2D eigenvalue weighted by atomic mass is 16.5. The van der Waals surface area contributed by atoms with Crippen molar-refractivity contribution < 1.29 is 19.1 Å². The van der Waals surface area contributed by atoms with E-state index in [2.05, 4.69) is 15.0 Å². The summed E-state index contributed by atoms with van der Waals surface area (Å²) in [6.07, 6.45) is 0. The quantitative estimate of drug-likeness (QED) is 0.836. The van der Waals surface area contributed by atoms with Gasteiger partial charge in [-0.3, -0.25) is 9.69 Å². The highest BCUT2D eigenvalue weighted by molar-refractivity contribution is 6.05. The zero-order chi connectivity index (χ0) is 18.4. The smallest absolute Gasteiger partial charge is 0.337 e. The SMILES string of the molecule is COC(=O)c1ccc(C(=O)Nc2ccccc2CN2CCOCC2)cc1. The molecule has 3 rings (SSSR count). The van der Waals surface area contributed by atoms with Gasteiger partial charge in [0.1, 0.15) is 0 Å². The van der Waals surface area contributed by atoms with Crippen LogP contribution < -0.4 is 5.32 Å². The van der Waals surface area contributed by atoms with Crippen LogP contribution >= 0.6 is 0 Å². The van der Waals surface area contributed by atoms with Crippen molar-refractivity contribution in [3.05, 3.63) is 65.2 Å². The summed E-state index contributed by atoms with van der Waals surface area (Å²) < 4.78 is 10.0. The molecule has 1 saturated heterocycles. The van der Waals surface area contributed by atoms with E-state index in [4.69, 9.17) is 4.74 Å². The fourth-order valence-corrected chi connectivity index (χ4v) is 2.85. The Morgan fingerprint density at radius 3 is 2.38 bits per heavy atom. The Balaban J connectivity index is 1.70. The maximum Gasteiger partial charge on any atom is 0.337 e. The van der Waals surface area contributed by atoms with Crippen molar-refractivity contribution in [2.24, 2.45) is 0 Å². The van der Waals surface area contributed by atoms with Crippen LogP contribution in [-0.4, -0.2) is 50.2 Å². The van der Waals surface area contributed by atoms with Crippen molar-refractivity contribution in [2.45, 2.75) is 6.54 Å². The van der Waals surface area contributed by atoms with E-state index in [0.29, 0.717) is 11.1 Å². The van der Waals surface area contributed by atoms with Crippen LogP contribution in [0.3, 0.4) is 0 Å².